The van der Waals surface area contributed by atoms with Gasteiger partial charge in [0.25, 0.3) is 0 Å². The van der Waals surface area contributed by atoms with Gasteiger partial charge in [-0.2, -0.15) is 4.98 Å². The molecular formula is C16H19Cl2N3O. The van der Waals surface area contributed by atoms with E-state index in [1.54, 1.807) is 12.1 Å². The highest BCUT2D eigenvalue weighted by molar-refractivity contribution is 6.36. The van der Waals surface area contributed by atoms with Crippen LogP contribution in [-0.2, 0) is 6.42 Å². The predicted molar refractivity (Wildman–Crippen MR) is 88.4 cm³/mol. The van der Waals surface area contributed by atoms with Crippen LogP contribution in [0.15, 0.2) is 22.7 Å². The van der Waals surface area contributed by atoms with Gasteiger partial charge in [-0.15, -0.1) is 0 Å². The third kappa shape index (κ3) is 4.00. The molecule has 0 unspecified atom stereocenters. The van der Waals surface area contributed by atoms with E-state index in [2.05, 4.69) is 15.0 Å². The first-order valence-corrected chi connectivity index (χ1v) is 8.48. The molecule has 0 radical (unpaired) electrons. The predicted octanol–water partition coefficient (Wildman–Crippen LogP) is 4.46. The molecule has 0 atom stereocenters. The largest absolute Gasteiger partial charge is 0.339 e. The molecule has 2 heterocycles. The summed E-state index contributed by atoms with van der Waals surface area (Å²) in [6.45, 7) is 3.67. The lowest BCUT2D eigenvalue weighted by Gasteiger charge is -2.13. The Morgan fingerprint density at radius 2 is 1.95 bits per heavy atom. The van der Waals surface area contributed by atoms with E-state index in [1.165, 1.54) is 38.9 Å². The fourth-order valence-corrected chi connectivity index (χ4v) is 3.25. The number of likely N-dealkylation sites (tertiary alicyclic amines) is 1. The lowest BCUT2D eigenvalue weighted by Crippen LogP contribution is -2.20. The van der Waals surface area contributed by atoms with Gasteiger partial charge in [0.1, 0.15) is 0 Å². The minimum atomic E-state index is 0.524. The van der Waals surface area contributed by atoms with Gasteiger partial charge in [0.05, 0.1) is 5.02 Å². The van der Waals surface area contributed by atoms with Crippen molar-refractivity contribution in [3.05, 3.63) is 34.1 Å². The second-order valence-corrected chi connectivity index (χ2v) is 6.49. The third-order valence-electron chi connectivity index (χ3n) is 3.95. The minimum absolute atomic E-state index is 0.524. The summed E-state index contributed by atoms with van der Waals surface area (Å²) in [4.78, 5) is 6.94. The van der Waals surface area contributed by atoms with Crippen molar-refractivity contribution in [2.45, 2.75) is 32.1 Å². The summed E-state index contributed by atoms with van der Waals surface area (Å²) in [7, 11) is 0. The van der Waals surface area contributed by atoms with E-state index in [4.69, 9.17) is 27.7 Å². The van der Waals surface area contributed by atoms with Gasteiger partial charge in [-0.1, -0.05) is 28.4 Å². The van der Waals surface area contributed by atoms with Crippen molar-refractivity contribution in [1.29, 1.82) is 0 Å². The molecule has 3 rings (SSSR count). The molecule has 1 aromatic carbocycles. The summed E-state index contributed by atoms with van der Waals surface area (Å²) in [5.41, 5.74) is 0.748. The van der Waals surface area contributed by atoms with Crippen LogP contribution in [0.25, 0.3) is 11.4 Å². The molecule has 0 bridgehead atoms. The summed E-state index contributed by atoms with van der Waals surface area (Å²) >= 11 is 12.1. The van der Waals surface area contributed by atoms with Crippen LogP contribution in [0.4, 0.5) is 0 Å². The Morgan fingerprint density at radius 1 is 1.14 bits per heavy atom. The monoisotopic (exact) mass is 339 g/mol. The maximum absolute atomic E-state index is 6.16. The second-order valence-electron chi connectivity index (χ2n) is 5.64. The molecule has 0 saturated carbocycles. The van der Waals surface area contributed by atoms with Crippen molar-refractivity contribution in [1.82, 2.24) is 15.0 Å². The van der Waals surface area contributed by atoms with Crippen molar-refractivity contribution in [2.75, 3.05) is 19.6 Å². The van der Waals surface area contributed by atoms with Gasteiger partial charge in [-0.05, 0) is 63.5 Å². The number of halogens is 2. The topological polar surface area (TPSA) is 42.2 Å². The van der Waals surface area contributed by atoms with Gasteiger partial charge in [0.2, 0.25) is 11.7 Å². The maximum atomic E-state index is 6.16. The van der Waals surface area contributed by atoms with E-state index in [0.717, 1.165) is 18.4 Å². The molecule has 22 heavy (non-hydrogen) atoms. The average molecular weight is 340 g/mol. The van der Waals surface area contributed by atoms with Crippen LogP contribution < -0.4 is 0 Å². The Morgan fingerprint density at radius 3 is 2.73 bits per heavy atom. The summed E-state index contributed by atoms with van der Waals surface area (Å²) in [5, 5.41) is 5.14. The first-order chi connectivity index (χ1) is 10.7. The van der Waals surface area contributed by atoms with Crippen LogP contribution in [0.1, 0.15) is 31.6 Å². The molecule has 2 aromatic rings. The summed E-state index contributed by atoms with van der Waals surface area (Å²) in [6, 6.07) is 5.27. The Balaban J connectivity index is 1.52. The van der Waals surface area contributed by atoms with Crippen LogP contribution in [-0.4, -0.2) is 34.7 Å². The lowest BCUT2D eigenvalue weighted by atomic mass is 10.2. The molecule has 1 fully saturated rings. The highest BCUT2D eigenvalue weighted by Gasteiger charge is 2.13. The SMILES string of the molecule is Clc1ccc(-c2noc(CCCCN3CCCC3)n2)c(Cl)c1. The number of hydrogen-bond donors (Lipinski definition) is 0. The van der Waals surface area contributed by atoms with Crippen LogP contribution in [0.3, 0.4) is 0 Å². The van der Waals surface area contributed by atoms with E-state index in [0.29, 0.717) is 21.8 Å². The fourth-order valence-electron chi connectivity index (χ4n) is 2.75. The Kier molecular flexibility index (Phi) is 5.34. The minimum Gasteiger partial charge on any atom is -0.339 e. The van der Waals surface area contributed by atoms with E-state index in [9.17, 15) is 0 Å². The van der Waals surface area contributed by atoms with Crippen LogP contribution in [0.2, 0.25) is 10.0 Å². The van der Waals surface area contributed by atoms with E-state index in [-0.39, 0.29) is 0 Å². The van der Waals surface area contributed by atoms with E-state index in [1.807, 2.05) is 6.07 Å². The van der Waals surface area contributed by atoms with Crippen molar-refractivity contribution in [3.8, 4) is 11.4 Å². The van der Waals surface area contributed by atoms with Crippen LogP contribution in [0, 0.1) is 0 Å². The van der Waals surface area contributed by atoms with E-state index >= 15 is 0 Å². The first-order valence-electron chi connectivity index (χ1n) is 7.73. The summed E-state index contributed by atoms with van der Waals surface area (Å²) in [5.74, 6) is 1.19. The van der Waals surface area contributed by atoms with Crippen LogP contribution >= 0.6 is 23.2 Å². The average Bonchev–Trinajstić information content (AvgIpc) is 3.15. The zero-order chi connectivity index (χ0) is 15.4. The van der Waals surface area contributed by atoms with Crippen molar-refractivity contribution in [3.63, 3.8) is 0 Å². The van der Waals surface area contributed by atoms with Gasteiger partial charge in [0.15, 0.2) is 0 Å². The number of unbranched alkanes of at least 4 members (excludes halogenated alkanes) is 1. The highest BCUT2D eigenvalue weighted by atomic mass is 35.5. The number of aryl methyl sites for hydroxylation is 1. The third-order valence-corrected chi connectivity index (χ3v) is 4.50. The number of hydrogen-bond acceptors (Lipinski definition) is 4. The van der Waals surface area contributed by atoms with Gasteiger partial charge in [-0.25, -0.2) is 0 Å². The molecule has 6 heteroatoms. The Bertz CT molecular complexity index is 624. The Hall–Kier alpha value is -1.10. The zero-order valence-corrected chi connectivity index (χ0v) is 13.9. The highest BCUT2D eigenvalue weighted by Crippen LogP contribution is 2.28. The quantitative estimate of drug-likeness (QED) is 0.728. The molecule has 0 aliphatic carbocycles. The molecule has 0 spiro atoms. The molecule has 1 aliphatic heterocycles. The number of aromatic nitrogens is 2. The summed E-state index contributed by atoms with van der Waals surface area (Å²) in [6.07, 6.45) is 5.72. The van der Waals surface area contributed by atoms with Gasteiger partial charge in [-0.3, -0.25) is 0 Å². The standard InChI is InChI=1S/C16H19Cl2N3O/c17-12-6-7-13(14(18)11-12)16-19-15(22-20-16)5-1-2-8-21-9-3-4-10-21/h6-7,11H,1-5,8-10H2. The molecule has 4 nitrogen and oxygen atoms in total. The first kappa shape index (κ1) is 15.8. The smallest absolute Gasteiger partial charge is 0.226 e. The second kappa shape index (κ2) is 7.44. The molecule has 0 amide bonds. The molecular weight excluding hydrogens is 321 g/mol. The lowest BCUT2D eigenvalue weighted by molar-refractivity contribution is 0.323. The van der Waals surface area contributed by atoms with Crippen LogP contribution in [0.5, 0.6) is 0 Å². The number of rotatable bonds is 6. The molecule has 1 aliphatic rings. The number of benzene rings is 1. The number of nitrogens with zero attached hydrogens (tertiary/aromatic N) is 3. The molecule has 1 aromatic heterocycles. The molecule has 0 N–H and O–H groups in total. The zero-order valence-electron chi connectivity index (χ0n) is 12.4. The van der Waals surface area contributed by atoms with Crippen molar-refractivity contribution >= 4 is 23.2 Å². The Labute approximate surface area is 140 Å². The van der Waals surface area contributed by atoms with E-state index < -0.39 is 0 Å². The maximum Gasteiger partial charge on any atom is 0.226 e. The normalized spacial score (nSPS) is 15.5. The molecule has 118 valence electrons. The summed E-state index contributed by atoms with van der Waals surface area (Å²) < 4.78 is 5.31. The van der Waals surface area contributed by atoms with Gasteiger partial charge >= 0.3 is 0 Å². The fraction of sp³-hybridized carbons (Fsp3) is 0.500. The van der Waals surface area contributed by atoms with Crippen molar-refractivity contribution < 1.29 is 4.52 Å². The van der Waals surface area contributed by atoms with Gasteiger partial charge < -0.3 is 9.42 Å². The molecule has 1 saturated heterocycles. The van der Waals surface area contributed by atoms with Gasteiger partial charge in [0, 0.05) is 17.0 Å². The van der Waals surface area contributed by atoms with Crippen molar-refractivity contribution in [2.24, 2.45) is 0 Å².